The third kappa shape index (κ3) is 22.3. The van der Waals surface area contributed by atoms with Crippen molar-refractivity contribution in [2.24, 2.45) is 5.92 Å². The van der Waals surface area contributed by atoms with Crippen LogP contribution in [0.25, 0.3) is 0 Å². The molecule has 0 aromatic rings. The average Bonchev–Trinajstić information content (AvgIpc) is 3.65. The zero-order valence-electron chi connectivity index (χ0n) is 35.0. The fourth-order valence-corrected chi connectivity index (χ4v) is 8.43. The molecule has 55 heavy (non-hydrogen) atoms. The highest BCUT2D eigenvalue weighted by Gasteiger charge is 2.38. The number of carbonyl (C=O) groups excluding carboxylic acids is 2. The Balaban J connectivity index is 1.94. The van der Waals surface area contributed by atoms with Gasteiger partial charge in [-0.15, -0.1) is 0 Å². The minimum atomic E-state index is -3.50. The Morgan fingerprint density at radius 3 is 2.02 bits per heavy atom. The maximum absolute atomic E-state index is 11.9. The summed E-state index contributed by atoms with van der Waals surface area (Å²) in [6.07, 6.45) is 13.6. The largest absolute Gasteiger partial charge is 0.376 e. The first-order chi connectivity index (χ1) is 25.9. The summed E-state index contributed by atoms with van der Waals surface area (Å²) in [6.45, 7) is 16.9. The molecule has 16 heteroatoms. The monoisotopic (exact) mass is 827 g/mol. The number of hydrogen-bond acceptors (Lipinski definition) is 13. The van der Waals surface area contributed by atoms with Gasteiger partial charge in [-0.25, -0.2) is 0 Å². The summed E-state index contributed by atoms with van der Waals surface area (Å²) in [4.78, 5) is 45.9. The zero-order valence-corrected chi connectivity index (χ0v) is 36.8. The predicted octanol–water partition coefficient (Wildman–Crippen LogP) is 6.61. The second-order valence-corrected chi connectivity index (χ2v) is 19.0. The number of Topliss-reactive ketones (excluding diaryl/α,β-unsaturated/α-hetero) is 1. The van der Waals surface area contributed by atoms with E-state index in [1.54, 1.807) is 6.92 Å². The molecular weight excluding hydrogens is 752 g/mol. The predicted molar refractivity (Wildman–Crippen MR) is 218 cm³/mol. The molecule has 0 radical (unpaired) electrons. The summed E-state index contributed by atoms with van der Waals surface area (Å²) in [5, 5.41) is 2.88. The number of carbonyl (C=O) groups is 2. The molecule has 2 heterocycles. The van der Waals surface area contributed by atoms with Crippen molar-refractivity contribution in [3.05, 3.63) is 0 Å². The molecule has 2 rings (SSSR count). The lowest BCUT2D eigenvalue weighted by Crippen LogP contribution is -2.33. The van der Waals surface area contributed by atoms with Crippen LogP contribution in [0.1, 0.15) is 126 Å². The van der Waals surface area contributed by atoms with Crippen LogP contribution in [0.2, 0.25) is 0 Å². The third-order valence-corrected chi connectivity index (χ3v) is 11.7. The van der Waals surface area contributed by atoms with Crippen LogP contribution in [0.15, 0.2) is 0 Å². The van der Waals surface area contributed by atoms with Gasteiger partial charge >= 0.3 is 0 Å². The molecule has 0 aliphatic carbocycles. The zero-order chi connectivity index (χ0) is 41.0. The van der Waals surface area contributed by atoms with Crippen LogP contribution in [0, 0.1) is 5.92 Å². The van der Waals surface area contributed by atoms with Crippen LogP contribution in [0.4, 0.5) is 0 Å². The molecule has 2 saturated heterocycles. The molecule has 2 aliphatic rings. The van der Waals surface area contributed by atoms with E-state index in [4.69, 9.17) is 41.8 Å². The van der Waals surface area contributed by atoms with Gasteiger partial charge in [0.05, 0.1) is 69.2 Å². The van der Waals surface area contributed by atoms with Crippen LogP contribution in [0.5, 0.6) is 0 Å². The van der Waals surface area contributed by atoms with E-state index in [0.29, 0.717) is 58.3 Å². The highest BCUT2D eigenvalue weighted by molar-refractivity contribution is 7.58. The summed E-state index contributed by atoms with van der Waals surface area (Å²) >= 11 is 0. The Labute approximate surface area is 331 Å². The second kappa shape index (κ2) is 26.4. The average molecular weight is 828 g/mol. The minimum Gasteiger partial charge on any atom is -0.376 e. The Morgan fingerprint density at radius 2 is 1.40 bits per heavy atom. The summed E-state index contributed by atoms with van der Waals surface area (Å²) in [7, 11) is -6.98. The van der Waals surface area contributed by atoms with Crippen LogP contribution in [-0.4, -0.2) is 129 Å². The van der Waals surface area contributed by atoms with Crippen molar-refractivity contribution in [3.8, 4) is 0 Å². The van der Waals surface area contributed by atoms with Gasteiger partial charge in [-0.3, -0.25) is 9.59 Å². The second-order valence-electron chi connectivity index (χ2n) is 15.5. The van der Waals surface area contributed by atoms with E-state index in [2.05, 4.69) is 17.9 Å². The van der Waals surface area contributed by atoms with Crippen molar-refractivity contribution in [2.45, 2.75) is 181 Å². The molecule has 2 aliphatic heterocycles. The lowest BCUT2D eigenvalue weighted by Gasteiger charge is -2.28. The summed E-state index contributed by atoms with van der Waals surface area (Å²) in [6, 6.07) is 0. The Hall–Kier alpha value is -0.700. The van der Waals surface area contributed by atoms with E-state index in [-0.39, 0.29) is 86.3 Å². The highest BCUT2D eigenvalue weighted by atomic mass is 31.2. The summed E-state index contributed by atoms with van der Waals surface area (Å²) in [5.74, 6) is -0.0917. The number of nitrogens with one attached hydrogen (secondary N) is 1. The molecule has 2 fully saturated rings. The van der Waals surface area contributed by atoms with Gasteiger partial charge in [-0.05, 0) is 73.4 Å². The van der Waals surface area contributed by atoms with Gasteiger partial charge in [-0.1, -0.05) is 33.1 Å². The number of hydrogen-bond donors (Lipinski definition) is 3. The van der Waals surface area contributed by atoms with Gasteiger partial charge in [-0.2, -0.15) is 0 Å². The highest BCUT2D eigenvalue weighted by Crippen LogP contribution is 2.48. The SMILES string of the molecule is C=P(O)(OCC(CCCCCCOC(CCC(=O)CC)CNC(=O)CC)COP(=C)(O)OC1CC(C)OC1COC(C)C)OCC1OC(C)CC1OC(C)C. The molecule has 0 saturated carbocycles. The van der Waals surface area contributed by atoms with Crippen molar-refractivity contribution >= 4 is 39.4 Å². The van der Waals surface area contributed by atoms with E-state index in [0.717, 1.165) is 32.1 Å². The van der Waals surface area contributed by atoms with Crippen molar-refractivity contribution in [1.82, 2.24) is 5.32 Å². The molecule has 0 spiro atoms. The quantitative estimate of drug-likeness (QED) is 0.0505. The summed E-state index contributed by atoms with van der Waals surface area (Å²) in [5.41, 5.74) is 0. The van der Waals surface area contributed by atoms with Crippen molar-refractivity contribution in [2.75, 3.05) is 39.6 Å². The van der Waals surface area contributed by atoms with Crippen molar-refractivity contribution in [1.29, 1.82) is 0 Å². The maximum atomic E-state index is 11.9. The number of amides is 1. The fourth-order valence-electron chi connectivity index (χ4n) is 6.39. The number of ketones is 1. The standard InChI is InChI=1S/C39H75NO13P2/c1-11-33(41)18-19-34(23-40-39(42)12-2)45-20-16-14-13-15-17-32(24-47-54(9,43)49-27-38-35(50-29(5)6)21-30(7)52-38)25-48-55(10,44)53-36-22-31(8)51-37(36)26-46-28(3)4/h28-32,34-38,43-44H,9-27H2,1-8H3,(H,40,42). The fraction of sp³-hybridized carbons (Fsp3) is 0.897. The van der Waals surface area contributed by atoms with Crippen LogP contribution in [-0.2, 0) is 51.4 Å². The molecule has 0 aromatic heterocycles. The molecular formula is C39H75NO13P2. The van der Waals surface area contributed by atoms with E-state index in [9.17, 15) is 19.4 Å². The first kappa shape index (κ1) is 50.4. The van der Waals surface area contributed by atoms with Gasteiger partial charge < -0.3 is 56.9 Å². The Morgan fingerprint density at radius 1 is 0.782 bits per heavy atom. The van der Waals surface area contributed by atoms with Gasteiger partial charge in [0, 0.05) is 51.2 Å². The number of rotatable bonds is 31. The normalized spacial score (nSPS) is 26.3. The van der Waals surface area contributed by atoms with Crippen LogP contribution >= 0.6 is 15.1 Å². The molecule has 0 aromatic carbocycles. The van der Waals surface area contributed by atoms with Gasteiger partial charge in [0.2, 0.25) is 21.0 Å². The lowest BCUT2D eigenvalue weighted by molar-refractivity contribution is -0.121. The van der Waals surface area contributed by atoms with Crippen LogP contribution in [0.3, 0.4) is 0 Å². The third-order valence-electron chi connectivity index (χ3n) is 9.43. The first-order valence-electron chi connectivity index (χ1n) is 20.4. The Bertz CT molecular complexity index is 1170. The molecule has 0 bridgehead atoms. The van der Waals surface area contributed by atoms with Gasteiger partial charge in [0.15, 0.2) is 0 Å². The maximum Gasteiger partial charge on any atom is 0.248 e. The van der Waals surface area contributed by atoms with Gasteiger partial charge in [0.1, 0.15) is 18.0 Å². The molecule has 3 N–H and O–H groups in total. The molecule has 1 amide bonds. The van der Waals surface area contributed by atoms with E-state index in [1.807, 2.05) is 48.5 Å². The van der Waals surface area contributed by atoms with Gasteiger partial charge in [0.25, 0.3) is 0 Å². The smallest absolute Gasteiger partial charge is 0.248 e. The molecule has 324 valence electrons. The molecule has 10 atom stereocenters. The first-order valence-corrected chi connectivity index (χ1v) is 24.0. The number of ether oxygens (including phenoxy) is 5. The topological polar surface area (TPSA) is 170 Å². The van der Waals surface area contributed by atoms with E-state index < -0.39 is 21.2 Å². The van der Waals surface area contributed by atoms with Crippen molar-refractivity contribution < 1.29 is 61.2 Å². The lowest BCUT2D eigenvalue weighted by atomic mass is 10.0. The van der Waals surface area contributed by atoms with E-state index in [1.165, 1.54) is 0 Å². The Kier molecular flexibility index (Phi) is 24.2. The minimum absolute atomic E-state index is 0.0120. The molecule has 14 nitrogen and oxygen atoms in total. The number of unbranched alkanes of at least 4 members (excludes halogenated alkanes) is 3. The van der Waals surface area contributed by atoms with Crippen LogP contribution < -0.4 is 5.32 Å². The van der Waals surface area contributed by atoms with Crippen molar-refractivity contribution in [3.63, 3.8) is 0 Å². The van der Waals surface area contributed by atoms with E-state index >= 15 is 0 Å². The molecule has 10 unspecified atom stereocenters. The summed E-state index contributed by atoms with van der Waals surface area (Å²) < 4.78 is 53.5.